The Hall–Kier alpha value is -2.76. The second kappa shape index (κ2) is 5.55. The molecule has 1 aromatic carbocycles. The molecule has 2 aromatic rings. The number of carboxylic acid groups (broad SMARTS) is 1. The van der Waals surface area contributed by atoms with Gasteiger partial charge in [0.2, 0.25) is 0 Å². The first-order chi connectivity index (χ1) is 10.6. The number of hydrogen-bond donors (Lipinski definition) is 2. The number of carboxylic acids is 1. The molecule has 2 N–H and O–H groups in total. The molecular weight excluding hydrogens is 282 g/mol. The van der Waals surface area contributed by atoms with Gasteiger partial charge in [0, 0.05) is 12.0 Å². The average molecular weight is 297 g/mol. The van der Waals surface area contributed by atoms with E-state index in [4.69, 9.17) is 5.11 Å². The van der Waals surface area contributed by atoms with E-state index in [0.717, 1.165) is 19.0 Å². The van der Waals surface area contributed by atoms with E-state index in [0.29, 0.717) is 6.54 Å². The molecule has 1 heterocycles. The van der Waals surface area contributed by atoms with Gasteiger partial charge in [-0.2, -0.15) is 0 Å². The Morgan fingerprint density at radius 1 is 1.09 bits per heavy atom. The van der Waals surface area contributed by atoms with Crippen molar-refractivity contribution in [1.82, 2.24) is 15.3 Å². The van der Waals surface area contributed by atoms with E-state index in [1.807, 2.05) is 18.2 Å². The van der Waals surface area contributed by atoms with Crippen molar-refractivity contribution in [2.45, 2.75) is 18.3 Å². The number of aromatic carboxylic acids is 1. The first kappa shape index (κ1) is 14.2. The van der Waals surface area contributed by atoms with Gasteiger partial charge in [-0.05, 0) is 18.4 Å². The van der Waals surface area contributed by atoms with Crippen LogP contribution in [-0.4, -0.2) is 33.5 Å². The third-order valence-electron chi connectivity index (χ3n) is 3.93. The SMILES string of the molecule is O=C(O)c1cnc(C(=O)NCC2(c3ccccc3)CC2)cn1. The average Bonchev–Trinajstić information content (AvgIpc) is 3.35. The Balaban J connectivity index is 1.64. The smallest absolute Gasteiger partial charge is 0.356 e. The quantitative estimate of drug-likeness (QED) is 0.875. The van der Waals surface area contributed by atoms with E-state index < -0.39 is 5.97 Å². The normalized spacial score (nSPS) is 15.1. The van der Waals surface area contributed by atoms with Gasteiger partial charge in [0.1, 0.15) is 5.69 Å². The van der Waals surface area contributed by atoms with E-state index in [9.17, 15) is 9.59 Å². The molecule has 0 aliphatic heterocycles. The summed E-state index contributed by atoms with van der Waals surface area (Å²) in [5.74, 6) is -1.51. The van der Waals surface area contributed by atoms with Crippen LogP contribution in [0.2, 0.25) is 0 Å². The van der Waals surface area contributed by atoms with Crippen LogP contribution in [0.4, 0.5) is 0 Å². The van der Waals surface area contributed by atoms with E-state index >= 15 is 0 Å². The number of benzene rings is 1. The molecule has 1 aliphatic rings. The highest BCUT2D eigenvalue weighted by Crippen LogP contribution is 2.47. The van der Waals surface area contributed by atoms with Gasteiger partial charge in [0.15, 0.2) is 5.69 Å². The lowest BCUT2D eigenvalue weighted by molar-refractivity contribution is 0.0689. The monoisotopic (exact) mass is 297 g/mol. The van der Waals surface area contributed by atoms with Crippen molar-refractivity contribution in [3.8, 4) is 0 Å². The summed E-state index contributed by atoms with van der Waals surface area (Å²) in [6.45, 7) is 0.540. The van der Waals surface area contributed by atoms with Crippen molar-refractivity contribution in [3.63, 3.8) is 0 Å². The summed E-state index contributed by atoms with van der Waals surface area (Å²) in [5, 5.41) is 11.6. The fraction of sp³-hybridized carbons (Fsp3) is 0.250. The van der Waals surface area contributed by atoms with Crippen LogP contribution in [0.5, 0.6) is 0 Å². The number of carbonyl (C=O) groups is 2. The van der Waals surface area contributed by atoms with Gasteiger partial charge in [-0.3, -0.25) is 4.79 Å². The minimum absolute atomic E-state index is 0.0192. The van der Waals surface area contributed by atoms with Crippen molar-refractivity contribution in [2.24, 2.45) is 0 Å². The third kappa shape index (κ3) is 2.81. The van der Waals surface area contributed by atoms with Gasteiger partial charge < -0.3 is 10.4 Å². The molecule has 1 amide bonds. The first-order valence-corrected chi connectivity index (χ1v) is 7.00. The number of carbonyl (C=O) groups excluding carboxylic acids is 1. The number of nitrogens with one attached hydrogen (secondary N) is 1. The molecule has 6 nitrogen and oxygen atoms in total. The second-order valence-corrected chi connectivity index (χ2v) is 5.42. The highest BCUT2D eigenvalue weighted by molar-refractivity contribution is 5.92. The molecule has 0 radical (unpaired) electrons. The molecule has 0 atom stereocenters. The molecule has 1 aromatic heterocycles. The summed E-state index contributed by atoms with van der Waals surface area (Å²) in [5.41, 5.74) is 1.18. The zero-order valence-corrected chi connectivity index (χ0v) is 11.8. The molecule has 0 saturated heterocycles. The summed E-state index contributed by atoms with van der Waals surface area (Å²) in [6.07, 6.45) is 4.35. The maximum atomic E-state index is 12.1. The van der Waals surface area contributed by atoms with Crippen molar-refractivity contribution in [3.05, 3.63) is 59.7 Å². The zero-order chi connectivity index (χ0) is 15.6. The van der Waals surface area contributed by atoms with Crippen molar-refractivity contribution >= 4 is 11.9 Å². The second-order valence-electron chi connectivity index (χ2n) is 5.42. The van der Waals surface area contributed by atoms with Gasteiger partial charge in [-0.15, -0.1) is 0 Å². The van der Waals surface area contributed by atoms with Gasteiger partial charge in [0.05, 0.1) is 12.4 Å². The van der Waals surface area contributed by atoms with Gasteiger partial charge in [0.25, 0.3) is 5.91 Å². The third-order valence-corrected chi connectivity index (χ3v) is 3.93. The molecule has 3 rings (SSSR count). The van der Waals surface area contributed by atoms with E-state index in [1.165, 1.54) is 11.8 Å². The van der Waals surface area contributed by atoms with Crippen molar-refractivity contribution in [1.29, 1.82) is 0 Å². The van der Waals surface area contributed by atoms with Crippen LogP contribution in [0.25, 0.3) is 0 Å². The maximum Gasteiger partial charge on any atom is 0.356 e. The predicted molar refractivity (Wildman–Crippen MR) is 78.7 cm³/mol. The van der Waals surface area contributed by atoms with Crippen LogP contribution in [0.15, 0.2) is 42.7 Å². The van der Waals surface area contributed by atoms with Crippen LogP contribution in [-0.2, 0) is 5.41 Å². The Kier molecular flexibility index (Phi) is 3.58. The van der Waals surface area contributed by atoms with Gasteiger partial charge in [-0.25, -0.2) is 14.8 Å². The largest absolute Gasteiger partial charge is 0.476 e. The summed E-state index contributed by atoms with van der Waals surface area (Å²) in [4.78, 5) is 30.3. The number of aromatic nitrogens is 2. The van der Waals surface area contributed by atoms with Crippen LogP contribution >= 0.6 is 0 Å². The topological polar surface area (TPSA) is 92.2 Å². The first-order valence-electron chi connectivity index (χ1n) is 7.00. The molecule has 0 unspecified atom stereocenters. The van der Waals surface area contributed by atoms with Crippen LogP contribution in [0, 0.1) is 0 Å². The Labute approximate surface area is 127 Å². The standard InChI is InChI=1S/C16H15N3O3/c20-14(12-8-18-13(9-17-12)15(21)22)19-10-16(6-7-16)11-4-2-1-3-5-11/h1-5,8-9H,6-7,10H2,(H,19,20)(H,21,22). The van der Waals surface area contributed by atoms with E-state index in [-0.39, 0.29) is 22.7 Å². The van der Waals surface area contributed by atoms with E-state index in [1.54, 1.807) is 0 Å². The summed E-state index contributed by atoms with van der Waals surface area (Å²) in [7, 11) is 0. The number of nitrogens with zero attached hydrogens (tertiary/aromatic N) is 2. The van der Waals surface area contributed by atoms with Gasteiger partial charge >= 0.3 is 5.97 Å². The summed E-state index contributed by atoms with van der Waals surface area (Å²) >= 11 is 0. The lowest BCUT2D eigenvalue weighted by Gasteiger charge is -2.16. The highest BCUT2D eigenvalue weighted by Gasteiger charge is 2.44. The molecular formula is C16H15N3O3. The number of hydrogen-bond acceptors (Lipinski definition) is 4. The fourth-order valence-corrected chi connectivity index (χ4v) is 2.41. The van der Waals surface area contributed by atoms with Gasteiger partial charge in [-0.1, -0.05) is 30.3 Å². The molecule has 1 aliphatic carbocycles. The fourth-order valence-electron chi connectivity index (χ4n) is 2.41. The Bertz CT molecular complexity index is 694. The van der Waals surface area contributed by atoms with Crippen LogP contribution in [0.3, 0.4) is 0 Å². The molecule has 6 heteroatoms. The predicted octanol–water partition coefficient (Wildman–Crippen LogP) is 1.64. The highest BCUT2D eigenvalue weighted by atomic mass is 16.4. The molecule has 1 saturated carbocycles. The van der Waals surface area contributed by atoms with Crippen LogP contribution < -0.4 is 5.32 Å². The zero-order valence-electron chi connectivity index (χ0n) is 11.8. The minimum Gasteiger partial charge on any atom is -0.476 e. The lowest BCUT2D eigenvalue weighted by Crippen LogP contribution is -2.32. The lowest BCUT2D eigenvalue weighted by atomic mass is 9.96. The molecule has 22 heavy (non-hydrogen) atoms. The summed E-state index contributed by atoms with van der Waals surface area (Å²) < 4.78 is 0. The number of amides is 1. The van der Waals surface area contributed by atoms with E-state index in [2.05, 4.69) is 27.4 Å². The number of rotatable bonds is 5. The molecule has 0 spiro atoms. The Morgan fingerprint density at radius 3 is 2.27 bits per heavy atom. The molecule has 0 bridgehead atoms. The Morgan fingerprint density at radius 2 is 1.73 bits per heavy atom. The molecule has 112 valence electrons. The van der Waals surface area contributed by atoms with Crippen LogP contribution in [0.1, 0.15) is 39.4 Å². The maximum absolute atomic E-state index is 12.1. The van der Waals surface area contributed by atoms with Crippen molar-refractivity contribution < 1.29 is 14.7 Å². The van der Waals surface area contributed by atoms with Crippen molar-refractivity contribution in [2.75, 3.05) is 6.54 Å². The minimum atomic E-state index is -1.17. The summed E-state index contributed by atoms with van der Waals surface area (Å²) in [6, 6.07) is 10.1. The molecule has 1 fully saturated rings.